The van der Waals surface area contributed by atoms with E-state index in [0.717, 1.165) is 11.6 Å². The SMILES string of the molecule is Cc1cc(C(F)(F)F)ccc1C(C)CN. The summed E-state index contributed by atoms with van der Waals surface area (Å²) < 4.78 is 37.1. The first-order valence-electron chi connectivity index (χ1n) is 4.74. The normalized spacial score (nSPS) is 14.0. The topological polar surface area (TPSA) is 26.0 Å². The average molecular weight is 217 g/mol. The quantitative estimate of drug-likeness (QED) is 0.809. The van der Waals surface area contributed by atoms with Crippen LogP contribution in [0.5, 0.6) is 0 Å². The maximum atomic E-state index is 12.4. The Labute approximate surface area is 87.1 Å². The molecule has 0 saturated carbocycles. The standard InChI is InChI=1S/C11H14F3N/c1-7-5-9(11(12,13)14)3-4-10(7)8(2)6-15/h3-5,8H,6,15H2,1-2H3. The predicted octanol–water partition coefficient (Wildman–Crippen LogP) is 3.08. The van der Waals surface area contributed by atoms with Gasteiger partial charge in [-0.25, -0.2) is 0 Å². The Bertz CT molecular complexity index is 344. The summed E-state index contributed by atoms with van der Waals surface area (Å²) in [6.07, 6.45) is -4.27. The van der Waals surface area contributed by atoms with Gasteiger partial charge in [0.15, 0.2) is 0 Å². The Hall–Kier alpha value is -1.03. The van der Waals surface area contributed by atoms with Crippen molar-refractivity contribution in [3.05, 3.63) is 34.9 Å². The molecule has 1 aromatic rings. The van der Waals surface area contributed by atoms with Gasteiger partial charge in [-0.05, 0) is 42.6 Å². The first kappa shape index (κ1) is 12.0. The van der Waals surface area contributed by atoms with Crippen LogP contribution in [0.3, 0.4) is 0 Å². The highest BCUT2D eigenvalue weighted by Gasteiger charge is 2.30. The second kappa shape index (κ2) is 4.23. The number of hydrogen-bond donors (Lipinski definition) is 1. The van der Waals surface area contributed by atoms with E-state index in [4.69, 9.17) is 5.73 Å². The van der Waals surface area contributed by atoms with Crippen molar-refractivity contribution in [2.45, 2.75) is 25.9 Å². The monoisotopic (exact) mass is 217 g/mol. The minimum atomic E-state index is -4.27. The van der Waals surface area contributed by atoms with Crippen LogP contribution in [0.2, 0.25) is 0 Å². The highest BCUT2D eigenvalue weighted by Crippen LogP contribution is 2.31. The van der Waals surface area contributed by atoms with Crippen LogP contribution in [0.15, 0.2) is 18.2 Å². The first-order valence-corrected chi connectivity index (χ1v) is 4.74. The molecule has 0 bridgehead atoms. The maximum absolute atomic E-state index is 12.4. The molecule has 84 valence electrons. The molecule has 1 nitrogen and oxygen atoms in total. The van der Waals surface area contributed by atoms with E-state index >= 15 is 0 Å². The largest absolute Gasteiger partial charge is 0.416 e. The molecular formula is C11H14F3N. The summed E-state index contributed by atoms with van der Waals surface area (Å²) in [6.45, 7) is 4.01. The van der Waals surface area contributed by atoms with Gasteiger partial charge in [-0.3, -0.25) is 0 Å². The Morgan fingerprint density at radius 3 is 2.33 bits per heavy atom. The summed E-state index contributed by atoms with van der Waals surface area (Å²) in [4.78, 5) is 0. The summed E-state index contributed by atoms with van der Waals surface area (Å²) >= 11 is 0. The zero-order valence-corrected chi connectivity index (χ0v) is 8.73. The van der Waals surface area contributed by atoms with E-state index in [-0.39, 0.29) is 5.92 Å². The molecule has 1 rings (SSSR count). The second-order valence-corrected chi connectivity index (χ2v) is 3.71. The number of benzene rings is 1. The zero-order chi connectivity index (χ0) is 11.6. The van der Waals surface area contributed by atoms with Gasteiger partial charge < -0.3 is 5.73 Å². The van der Waals surface area contributed by atoms with E-state index in [2.05, 4.69) is 0 Å². The van der Waals surface area contributed by atoms with Gasteiger partial charge >= 0.3 is 6.18 Å². The molecule has 0 heterocycles. The maximum Gasteiger partial charge on any atom is 0.416 e. The molecule has 0 aliphatic carbocycles. The van der Waals surface area contributed by atoms with Gasteiger partial charge in [-0.2, -0.15) is 13.2 Å². The first-order chi connectivity index (χ1) is 6.86. The molecule has 0 aliphatic rings. The van der Waals surface area contributed by atoms with Gasteiger partial charge in [0.25, 0.3) is 0 Å². The van der Waals surface area contributed by atoms with E-state index in [1.165, 1.54) is 12.1 Å². The van der Waals surface area contributed by atoms with Crippen molar-refractivity contribution < 1.29 is 13.2 Å². The third-order valence-electron chi connectivity index (χ3n) is 2.48. The Kier molecular flexibility index (Phi) is 3.39. The smallest absolute Gasteiger partial charge is 0.330 e. The molecule has 15 heavy (non-hydrogen) atoms. The molecule has 1 atom stereocenters. The molecule has 4 heteroatoms. The lowest BCUT2D eigenvalue weighted by Gasteiger charge is -2.14. The molecule has 0 amide bonds. The fourth-order valence-corrected chi connectivity index (χ4v) is 1.53. The molecule has 0 aromatic heterocycles. The minimum Gasteiger partial charge on any atom is -0.330 e. The molecule has 1 aromatic carbocycles. The van der Waals surface area contributed by atoms with Gasteiger partial charge in [0, 0.05) is 0 Å². The van der Waals surface area contributed by atoms with Gasteiger partial charge in [0.05, 0.1) is 5.56 Å². The van der Waals surface area contributed by atoms with Crippen LogP contribution in [0.1, 0.15) is 29.5 Å². The lowest BCUT2D eigenvalue weighted by atomic mass is 9.95. The Balaban J connectivity index is 3.09. The summed E-state index contributed by atoms with van der Waals surface area (Å²) in [5.41, 5.74) is 6.39. The number of halogens is 3. The van der Waals surface area contributed by atoms with Crippen molar-refractivity contribution >= 4 is 0 Å². The Morgan fingerprint density at radius 2 is 1.93 bits per heavy atom. The number of rotatable bonds is 2. The van der Waals surface area contributed by atoms with Gasteiger partial charge in [0.2, 0.25) is 0 Å². The molecule has 0 aliphatic heterocycles. The average Bonchev–Trinajstić information content (AvgIpc) is 2.15. The molecule has 0 spiro atoms. The van der Waals surface area contributed by atoms with E-state index in [0.29, 0.717) is 12.1 Å². The molecule has 0 radical (unpaired) electrons. The molecule has 0 saturated heterocycles. The van der Waals surface area contributed by atoms with Crippen LogP contribution in [-0.4, -0.2) is 6.54 Å². The second-order valence-electron chi connectivity index (χ2n) is 3.71. The lowest BCUT2D eigenvalue weighted by molar-refractivity contribution is -0.137. The third-order valence-corrected chi connectivity index (χ3v) is 2.48. The molecular weight excluding hydrogens is 203 g/mol. The van der Waals surface area contributed by atoms with E-state index < -0.39 is 11.7 Å². The van der Waals surface area contributed by atoms with E-state index in [1.807, 2.05) is 6.92 Å². The minimum absolute atomic E-state index is 0.0901. The van der Waals surface area contributed by atoms with Crippen molar-refractivity contribution in [1.82, 2.24) is 0 Å². The predicted molar refractivity (Wildman–Crippen MR) is 53.7 cm³/mol. The summed E-state index contributed by atoms with van der Waals surface area (Å²) in [5, 5.41) is 0. The molecule has 0 fully saturated rings. The Morgan fingerprint density at radius 1 is 1.33 bits per heavy atom. The number of nitrogens with two attached hydrogens (primary N) is 1. The van der Waals surface area contributed by atoms with Crippen molar-refractivity contribution in [3.63, 3.8) is 0 Å². The van der Waals surface area contributed by atoms with E-state index in [9.17, 15) is 13.2 Å². The van der Waals surface area contributed by atoms with Crippen LogP contribution in [0.25, 0.3) is 0 Å². The fourth-order valence-electron chi connectivity index (χ4n) is 1.53. The van der Waals surface area contributed by atoms with Gasteiger partial charge in [-0.15, -0.1) is 0 Å². The van der Waals surface area contributed by atoms with Crippen LogP contribution < -0.4 is 5.73 Å². The van der Waals surface area contributed by atoms with E-state index in [1.54, 1.807) is 6.92 Å². The van der Waals surface area contributed by atoms with Crippen molar-refractivity contribution in [2.75, 3.05) is 6.54 Å². The van der Waals surface area contributed by atoms with Crippen molar-refractivity contribution in [2.24, 2.45) is 5.73 Å². The molecule has 2 N–H and O–H groups in total. The van der Waals surface area contributed by atoms with Crippen LogP contribution >= 0.6 is 0 Å². The highest BCUT2D eigenvalue weighted by molar-refractivity contribution is 5.34. The third kappa shape index (κ3) is 2.72. The zero-order valence-electron chi connectivity index (χ0n) is 8.73. The summed E-state index contributed by atoms with van der Waals surface area (Å²) in [7, 11) is 0. The molecule has 1 unspecified atom stereocenters. The van der Waals surface area contributed by atoms with Crippen LogP contribution in [0.4, 0.5) is 13.2 Å². The van der Waals surface area contributed by atoms with Crippen LogP contribution in [0, 0.1) is 6.92 Å². The van der Waals surface area contributed by atoms with Crippen molar-refractivity contribution in [1.29, 1.82) is 0 Å². The number of aryl methyl sites for hydroxylation is 1. The summed E-state index contributed by atoms with van der Waals surface area (Å²) in [5.74, 6) is 0.0901. The fraction of sp³-hybridized carbons (Fsp3) is 0.455. The van der Waals surface area contributed by atoms with Crippen molar-refractivity contribution in [3.8, 4) is 0 Å². The van der Waals surface area contributed by atoms with Gasteiger partial charge in [-0.1, -0.05) is 13.0 Å². The number of hydrogen-bond acceptors (Lipinski definition) is 1. The van der Waals surface area contributed by atoms with Gasteiger partial charge in [0.1, 0.15) is 0 Å². The van der Waals surface area contributed by atoms with Crippen LogP contribution in [-0.2, 0) is 6.18 Å². The summed E-state index contributed by atoms with van der Waals surface area (Å²) in [6, 6.07) is 3.78. The number of alkyl halides is 3. The highest BCUT2D eigenvalue weighted by atomic mass is 19.4. The lowest BCUT2D eigenvalue weighted by Crippen LogP contribution is -2.11.